The molecule has 1 fully saturated rings. The molecule has 0 saturated carbocycles. The Morgan fingerprint density at radius 2 is 1.03 bits per heavy atom. The molecule has 3 aromatic carbocycles. The second-order valence-electron chi connectivity index (χ2n) is 9.44. The summed E-state index contributed by atoms with van der Waals surface area (Å²) in [4.78, 5) is 15.9. The number of carbonyl (C=O) groups excluding carboxylic acids is 1. The third-order valence-corrected chi connectivity index (χ3v) is 6.62. The van der Waals surface area contributed by atoms with Gasteiger partial charge in [-0.25, -0.2) is 0 Å². The molecule has 0 spiro atoms. The molecule has 0 bridgehead atoms. The van der Waals surface area contributed by atoms with E-state index in [-0.39, 0.29) is 5.78 Å². The first-order valence-corrected chi connectivity index (χ1v) is 12.7. The van der Waals surface area contributed by atoms with Crippen molar-refractivity contribution in [2.24, 2.45) is 0 Å². The molecule has 0 atom stereocenters. The Morgan fingerprint density at radius 1 is 0.579 bits per heavy atom. The lowest BCUT2D eigenvalue weighted by atomic mass is 9.95. The molecular weight excluding hydrogens is 470 g/mol. The van der Waals surface area contributed by atoms with Gasteiger partial charge in [0.25, 0.3) is 0 Å². The van der Waals surface area contributed by atoms with Gasteiger partial charge in [0.1, 0.15) is 23.0 Å². The molecule has 0 radical (unpaired) electrons. The van der Waals surface area contributed by atoms with Crippen LogP contribution in [0, 0.1) is 0 Å². The standard InChI is InChI=1S/C34H27NO3/c36-34-28(20-30-16-18-32(37-30)26-12-6-2-7-13-26)23-35(22-25-10-4-1-5-11-25)24-29(34)21-31-17-19-33(38-31)27-14-8-3-9-15-27/h1-21H,22-24H2/b28-20+,29-21+. The monoisotopic (exact) mass is 497 g/mol. The van der Waals surface area contributed by atoms with E-state index in [0.717, 1.165) is 29.2 Å². The summed E-state index contributed by atoms with van der Waals surface area (Å²) in [6.45, 7) is 1.82. The normalized spacial score (nSPS) is 16.4. The Balaban J connectivity index is 1.31. The lowest BCUT2D eigenvalue weighted by Crippen LogP contribution is -2.37. The van der Waals surface area contributed by atoms with Crippen LogP contribution in [0.5, 0.6) is 0 Å². The van der Waals surface area contributed by atoms with Gasteiger partial charge in [-0.05, 0) is 42.0 Å². The highest BCUT2D eigenvalue weighted by Crippen LogP contribution is 2.28. The van der Waals surface area contributed by atoms with Crippen molar-refractivity contribution in [3.63, 3.8) is 0 Å². The van der Waals surface area contributed by atoms with Gasteiger partial charge in [0, 0.05) is 41.9 Å². The second kappa shape index (κ2) is 10.8. The minimum Gasteiger partial charge on any atom is -0.457 e. The minimum absolute atomic E-state index is 0.0182. The number of ketones is 1. The lowest BCUT2D eigenvalue weighted by molar-refractivity contribution is -0.113. The summed E-state index contributed by atoms with van der Waals surface area (Å²) < 4.78 is 12.2. The topological polar surface area (TPSA) is 46.6 Å². The van der Waals surface area contributed by atoms with Crippen LogP contribution in [0.1, 0.15) is 17.1 Å². The Morgan fingerprint density at radius 3 is 1.50 bits per heavy atom. The zero-order valence-corrected chi connectivity index (χ0v) is 20.9. The van der Waals surface area contributed by atoms with Gasteiger partial charge in [0.2, 0.25) is 0 Å². The van der Waals surface area contributed by atoms with Crippen LogP contribution in [0.4, 0.5) is 0 Å². The van der Waals surface area contributed by atoms with Crippen LogP contribution in [0.3, 0.4) is 0 Å². The van der Waals surface area contributed by atoms with Crippen LogP contribution >= 0.6 is 0 Å². The van der Waals surface area contributed by atoms with Gasteiger partial charge in [-0.15, -0.1) is 0 Å². The van der Waals surface area contributed by atoms with Gasteiger partial charge in [0.15, 0.2) is 5.78 Å². The van der Waals surface area contributed by atoms with Gasteiger partial charge >= 0.3 is 0 Å². The molecule has 3 heterocycles. The molecule has 0 amide bonds. The van der Waals surface area contributed by atoms with Crippen LogP contribution in [0.2, 0.25) is 0 Å². The maximum absolute atomic E-state index is 13.6. The molecule has 5 aromatic rings. The summed E-state index contributed by atoms with van der Waals surface area (Å²) in [5, 5.41) is 0. The highest BCUT2D eigenvalue weighted by molar-refractivity contribution is 6.14. The Labute approximate surface area is 222 Å². The molecule has 0 aliphatic carbocycles. The molecule has 38 heavy (non-hydrogen) atoms. The van der Waals surface area contributed by atoms with E-state index in [9.17, 15) is 4.79 Å². The van der Waals surface area contributed by atoms with Crippen molar-refractivity contribution in [3.05, 3.63) is 143 Å². The number of benzene rings is 3. The van der Waals surface area contributed by atoms with Crippen molar-refractivity contribution in [1.29, 1.82) is 0 Å². The lowest BCUT2D eigenvalue weighted by Gasteiger charge is -2.29. The number of rotatable bonds is 6. The Bertz CT molecular complexity index is 1490. The molecule has 2 aromatic heterocycles. The van der Waals surface area contributed by atoms with E-state index in [2.05, 4.69) is 17.0 Å². The van der Waals surface area contributed by atoms with E-state index >= 15 is 0 Å². The van der Waals surface area contributed by atoms with E-state index in [1.54, 1.807) is 0 Å². The highest BCUT2D eigenvalue weighted by atomic mass is 16.3. The first-order chi connectivity index (χ1) is 18.7. The fourth-order valence-corrected chi connectivity index (χ4v) is 4.78. The molecule has 1 saturated heterocycles. The van der Waals surface area contributed by atoms with Crippen molar-refractivity contribution in [2.75, 3.05) is 13.1 Å². The average molecular weight is 498 g/mol. The largest absolute Gasteiger partial charge is 0.457 e. The van der Waals surface area contributed by atoms with Crippen LogP contribution in [0.15, 0.2) is 135 Å². The van der Waals surface area contributed by atoms with Gasteiger partial charge in [0.05, 0.1) is 0 Å². The van der Waals surface area contributed by atoms with Gasteiger partial charge in [-0.1, -0.05) is 91.0 Å². The van der Waals surface area contributed by atoms with Crippen molar-refractivity contribution >= 4 is 17.9 Å². The predicted molar refractivity (Wildman–Crippen MR) is 151 cm³/mol. The first-order valence-electron chi connectivity index (χ1n) is 12.7. The third kappa shape index (κ3) is 5.36. The van der Waals surface area contributed by atoms with Crippen LogP contribution < -0.4 is 0 Å². The summed E-state index contributed by atoms with van der Waals surface area (Å²) in [5.41, 5.74) is 4.61. The van der Waals surface area contributed by atoms with Crippen molar-refractivity contribution in [2.45, 2.75) is 6.54 Å². The molecule has 6 rings (SSSR count). The number of carbonyl (C=O) groups is 1. The van der Waals surface area contributed by atoms with Crippen LogP contribution in [0.25, 0.3) is 34.8 Å². The third-order valence-electron chi connectivity index (χ3n) is 6.62. The number of Topliss-reactive ketones (excluding diaryl/α,β-unsaturated/α-hetero) is 1. The summed E-state index contributed by atoms with van der Waals surface area (Å²) >= 11 is 0. The molecule has 0 unspecified atom stereocenters. The molecule has 4 heteroatoms. The number of piperidine rings is 1. The zero-order chi connectivity index (χ0) is 25.7. The van der Waals surface area contributed by atoms with E-state index in [0.29, 0.717) is 35.8 Å². The fourth-order valence-electron chi connectivity index (χ4n) is 4.78. The predicted octanol–water partition coefficient (Wildman–Crippen LogP) is 7.76. The van der Waals surface area contributed by atoms with Gasteiger partial charge < -0.3 is 8.83 Å². The average Bonchev–Trinajstić information content (AvgIpc) is 3.63. The summed E-state index contributed by atoms with van der Waals surface area (Å²) in [6, 6.07) is 38.0. The minimum atomic E-state index is 0.0182. The smallest absolute Gasteiger partial charge is 0.187 e. The molecular formula is C34H27NO3. The molecule has 186 valence electrons. The van der Waals surface area contributed by atoms with Crippen LogP contribution in [-0.4, -0.2) is 23.8 Å². The van der Waals surface area contributed by atoms with E-state index in [1.165, 1.54) is 5.56 Å². The Hall–Kier alpha value is -4.67. The number of hydrogen-bond acceptors (Lipinski definition) is 4. The second-order valence-corrected chi connectivity index (χ2v) is 9.44. The van der Waals surface area contributed by atoms with E-state index in [4.69, 9.17) is 8.83 Å². The molecule has 4 nitrogen and oxygen atoms in total. The number of likely N-dealkylation sites (tertiary alicyclic amines) is 1. The molecule has 1 aliphatic rings. The number of hydrogen-bond donors (Lipinski definition) is 0. The van der Waals surface area contributed by atoms with Crippen molar-refractivity contribution < 1.29 is 13.6 Å². The quantitative estimate of drug-likeness (QED) is 0.225. The Kier molecular flexibility index (Phi) is 6.71. The molecule has 0 N–H and O–H groups in total. The van der Waals surface area contributed by atoms with Crippen LogP contribution in [-0.2, 0) is 11.3 Å². The zero-order valence-electron chi connectivity index (χ0n) is 20.9. The molecule has 1 aliphatic heterocycles. The number of furan rings is 2. The maximum Gasteiger partial charge on any atom is 0.187 e. The number of nitrogens with zero attached hydrogens (tertiary/aromatic N) is 1. The summed E-state index contributed by atoms with van der Waals surface area (Å²) in [6.07, 6.45) is 3.74. The SMILES string of the molecule is O=C1/C(=C/c2ccc(-c3ccccc3)o2)CN(Cc2ccccc2)C/C1=C\c1ccc(-c2ccccc2)o1. The van der Waals surface area contributed by atoms with Gasteiger partial charge in [-0.2, -0.15) is 0 Å². The highest BCUT2D eigenvalue weighted by Gasteiger charge is 2.27. The van der Waals surface area contributed by atoms with E-state index in [1.807, 2.05) is 115 Å². The van der Waals surface area contributed by atoms with Crippen molar-refractivity contribution in [1.82, 2.24) is 4.90 Å². The van der Waals surface area contributed by atoms with Gasteiger partial charge in [-0.3, -0.25) is 9.69 Å². The fraction of sp³-hybridized carbons (Fsp3) is 0.0882. The first kappa shape index (κ1) is 23.7. The maximum atomic E-state index is 13.6. The van der Waals surface area contributed by atoms with E-state index < -0.39 is 0 Å². The summed E-state index contributed by atoms with van der Waals surface area (Å²) in [5.74, 6) is 2.91. The summed E-state index contributed by atoms with van der Waals surface area (Å²) in [7, 11) is 0. The van der Waals surface area contributed by atoms with Crippen molar-refractivity contribution in [3.8, 4) is 22.6 Å².